The Kier molecular flexibility index (Phi) is 4.32. The highest BCUT2D eigenvalue weighted by Gasteiger charge is 2.24. The fourth-order valence-electron chi connectivity index (χ4n) is 1.09. The fraction of sp³-hybridized carbons (Fsp3) is 0.364. The van der Waals surface area contributed by atoms with Gasteiger partial charge in [-0.2, -0.15) is 0 Å². The summed E-state index contributed by atoms with van der Waals surface area (Å²) < 4.78 is 0. The Hall–Kier alpha value is -1.58. The second-order valence-electron chi connectivity index (χ2n) is 4.66. The van der Waals surface area contributed by atoms with Crippen LogP contribution in [0, 0.1) is 16.4 Å². The van der Waals surface area contributed by atoms with E-state index in [0.717, 1.165) is 0 Å². The molecule has 0 amide bonds. The van der Waals surface area contributed by atoms with Crippen LogP contribution in [0.3, 0.4) is 0 Å². The predicted octanol–water partition coefficient (Wildman–Crippen LogP) is 2.52. The van der Waals surface area contributed by atoms with Crippen LogP contribution in [0.15, 0.2) is 6.20 Å². The largest absolute Gasteiger partial charge is 0.383 e. The molecule has 1 rings (SSSR count). The second-order valence-corrected chi connectivity index (χ2v) is 9.79. The third kappa shape index (κ3) is 3.45. The molecule has 7 heteroatoms. The highest BCUT2D eigenvalue weighted by molar-refractivity contribution is 6.83. The number of hydrogen-bond donors (Lipinski definition) is 1. The molecular weight excluding hydrogens is 270 g/mol. The highest BCUT2D eigenvalue weighted by atomic mass is 35.5. The Morgan fingerprint density at radius 1 is 1.50 bits per heavy atom. The first-order valence-corrected chi connectivity index (χ1v) is 9.12. The first-order valence-electron chi connectivity index (χ1n) is 5.25. The van der Waals surface area contributed by atoms with Crippen molar-refractivity contribution < 1.29 is 9.76 Å². The van der Waals surface area contributed by atoms with Crippen molar-refractivity contribution in [3.8, 4) is 11.5 Å². The molecule has 2 N–H and O–H groups in total. The Morgan fingerprint density at radius 2 is 2.11 bits per heavy atom. The second kappa shape index (κ2) is 5.37. The van der Waals surface area contributed by atoms with E-state index in [1.165, 1.54) is 13.3 Å². The number of aromatic nitrogens is 1. The molecule has 18 heavy (non-hydrogen) atoms. The van der Waals surface area contributed by atoms with Crippen LogP contribution in [0.1, 0.15) is 5.56 Å². The average Bonchev–Trinajstić information content (AvgIpc) is 2.26. The zero-order valence-electron chi connectivity index (χ0n) is 10.7. The van der Waals surface area contributed by atoms with Crippen LogP contribution in [0.5, 0.6) is 0 Å². The third-order valence-electron chi connectivity index (χ3n) is 1.95. The standard InChI is InChI=1S/C11H15ClN3O2Si/c1-17-15(16)9-7-14-11(13)8(10(9)12)5-6-18(2,3)4/h7H,1-4H3,(H2,13,14)/q+1. The maximum Gasteiger partial charge on any atom is 0.354 e. The van der Waals surface area contributed by atoms with Gasteiger partial charge in [-0.1, -0.05) is 37.2 Å². The van der Waals surface area contributed by atoms with Crippen molar-refractivity contribution in [2.24, 2.45) is 0 Å². The van der Waals surface area contributed by atoms with Gasteiger partial charge in [0.05, 0.1) is 10.5 Å². The summed E-state index contributed by atoms with van der Waals surface area (Å²) in [5.74, 6) is 3.12. The van der Waals surface area contributed by atoms with Crippen LogP contribution >= 0.6 is 11.6 Å². The minimum atomic E-state index is -1.56. The molecular formula is C11H15ClN3O2Si+. The van der Waals surface area contributed by atoms with Crippen LogP contribution in [-0.4, -0.2) is 25.1 Å². The lowest BCUT2D eigenvalue weighted by molar-refractivity contribution is -0.736. The van der Waals surface area contributed by atoms with Crippen LogP contribution in [0.25, 0.3) is 0 Å². The lowest BCUT2D eigenvalue weighted by Crippen LogP contribution is -2.16. The number of pyridine rings is 1. The maximum atomic E-state index is 11.4. The molecule has 0 spiro atoms. The van der Waals surface area contributed by atoms with Crippen LogP contribution in [-0.2, 0) is 4.84 Å². The number of hydrogen-bond acceptors (Lipinski definition) is 4. The lowest BCUT2D eigenvalue weighted by atomic mass is 10.2. The summed E-state index contributed by atoms with van der Waals surface area (Å²) in [6, 6.07) is 0. The molecule has 0 radical (unpaired) electrons. The molecule has 1 aromatic rings. The van der Waals surface area contributed by atoms with Gasteiger partial charge in [0.25, 0.3) is 4.92 Å². The summed E-state index contributed by atoms with van der Waals surface area (Å²) in [6.07, 6.45) is 1.26. The minimum absolute atomic E-state index is 0.0910. The molecule has 0 aromatic carbocycles. The van der Waals surface area contributed by atoms with Gasteiger partial charge in [0.15, 0.2) is 7.11 Å². The summed E-state index contributed by atoms with van der Waals surface area (Å²) in [7, 11) is -0.322. The fourth-order valence-corrected chi connectivity index (χ4v) is 1.85. The number of anilines is 1. The quantitative estimate of drug-likeness (QED) is 0.515. The van der Waals surface area contributed by atoms with Crippen molar-refractivity contribution in [1.82, 2.24) is 4.98 Å². The van der Waals surface area contributed by atoms with Gasteiger partial charge in [-0.25, -0.2) is 9.82 Å². The molecule has 5 nitrogen and oxygen atoms in total. The molecule has 0 atom stereocenters. The van der Waals surface area contributed by atoms with E-state index >= 15 is 0 Å². The number of rotatable bonds is 2. The molecule has 0 aliphatic rings. The van der Waals surface area contributed by atoms with Crippen molar-refractivity contribution in [2.75, 3.05) is 12.8 Å². The normalized spacial score (nSPS) is 10.5. The first-order chi connectivity index (χ1) is 8.26. The number of nitrogens with two attached hydrogens (primary N) is 1. The Balaban J connectivity index is 3.35. The van der Waals surface area contributed by atoms with Crippen molar-refractivity contribution in [2.45, 2.75) is 19.6 Å². The minimum Gasteiger partial charge on any atom is -0.383 e. The third-order valence-corrected chi connectivity index (χ3v) is 3.21. The van der Waals surface area contributed by atoms with E-state index in [1.807, 2.05) is 0 Å². The van der Waals surface area contributed by atoms with E-state index in [4.69, 9.17) is 17.3 Å². The zero-order valence-corrected chi connectivity index (χ0v) is 12.5. The average molecular weight is 285 g/mol. The first kappa shape index (κ1) is 14.5. The zero-order chi connectivity index (χ0) is 13.9. The monoisotopic (exact) mass is 284 g/mol. The summed E-state index contributed by atoms with van der Waals surface area (Å²) in [4.78, 5) is 20.1. The van der Waals surface area contributed by atoms with Gasteiger partial charge in [0, 0.05) is 0 Å². The van der Waals surface area contributed by atoms with E-state index < -0.39 is 8.07 Å². The SMILES string of the molecule is CO[N+](=O)c1cnc(N)c(C#C[Si](C)(C)C)c1Cl. The molecule has 0 aliphatic heterocycles. The van der Waals surface area contributed by atoms with E-state index in [2.05, 4.69) is 40.9 Å². The molecule has 1 aromatic heterocycles. The van der Waals surface area contributed by atoms with Gasteiger partial charge < -0.3 is 5.73 Å². The molecule has 0 saturated carbocycles. The molecule has 0 bridgehead atoms. The number of halogens is 1. The topological polar surface area (TPSA) is 68.2 Å². The molecule has 1 heterocycles. The van der Waals surface area contributed by atoms with E-state index in [0.29, 0.717) is 5.56 Å². The van der Waals surface area contributed by atoms with Gasteiger partial charge in [-0.05, 0) is 0 Å². The van der Waals surface area contributed by atoms with Crippen LogP contribution < -0.4 is 5.73 Å². The van der Waals surface area contributed by atoms with Crippen molar-refractivity contribution in [3.63, 3.8) is 0 Å². The molecule has 0 aliphatic carbocycles. The van der Waals surface area contributed by atoms with Crippen LogP contribution in [0.2, 0.25) is 24.7 Å². The number of nitrogen functional groups attached to an aromatic ring is 1. The summed E-state index contributed by atoms with van der Waals surface area (Å²) >= 11 is 6.09. The van der Waals surface area contributed by atoms with Gasteiger partial charge in [0.2, 0.25) is 0 Å². The van der Waals surface area contributed by atoms with Crippen molar-refractivity contribution >= 4 is 31.2 Å². The smallest absolute Gasteiger partial charge is 0.354 e. The number of nitrogens with zero attached hydrogens (tertiary/aromatic N) is 2. The molecule has 96 valence electrons. The lowest BCUT2D eigenvalue weighted by Gasteiger charge is -2.04. The van der Waals surface area contributed by atoms with Crippen LogP contribution in [0.4, 0.5) is 11.5 Å². The Bertz CT molecular complexity index is 544. The summed E-state index contributed by atoms with van der Waals surface area (Å²) in [6.45, 7) is 6.28. The van der Waals surface area contributed by atoms with Crippen molar-refractivity contribution in [1.29, 1.82) is 0 Å². The molecule has 0 fully saturated rings. The van der Waals surface area contributed by atoms with Gasteiger partial charge in [0.1, 0.15) is 25.1 Å². The Labute approximate surface area is 112 Å². The van der Waals surface area contributed by atoms with E-state index in [9.17, 15) is 4.91 Å². The summed E-state index contributed by atoms with van der Waals surface area (Å²) in [5, 5.41) is 0.158. The maximum absolute atomic E-state index is 11.4. The molecule has 0 unspecified atom stereocenters. The van der Waals surface area contributed by atoms with Crippen molar-refractivity contribution in [3.05, 3.63) is 21.7 Å². The molecule has 0 saturated heterocycles. The van der Waals surface area contributed by atoms with Gasteiger partial charge in [-0.15, -0.1) is 5.54 Å². The Morgan fingerprint density at radius 3 is 2.61 bits per heavy atom. The van der Waals surface area contributed by atoms with Gasteiger partial charge >= 0.3 is 5.69 Å². The van der Waals surface area contributed by atoms with E-state index in [-0.39, 0.29) is 21.5 Å². The predicted molar refractivity (Wildman–Crippen MR) is 74.2 cm³/mol. The van der Waals surface area contributed by atoms with E-state index in [1.54, 1.807) is 0 Å². The highest BCUT2D eigenvalue weighted by Crippen LogP contribution is 2.29. The van der Waals surface area contributed by atoms with Gasteiger partial charge in [-0.3, -0.25) is 0 Å². The summed E-state index contributed by atoms with van der Waals surface area (Å²) in [5.41, 5.74) is 9.31.